The number of nitrogens with one attached hydrogen (secondary N) is 1. The highest BCUT2D eigenvalue weighted by atomic mass is 35.5. The predicted molar refractivity (Wildman–Crippen MR) is 93.4 cm³/mol. The normalized spacial score (nSPS) is 10.7. The lowest BCUT2D eigenvalue weighted by atomic mass is 10.1. The van der Waals surface area contributed by atoms with Gasteiger partial charge in [-0.2, -0.15) is 4.98 Å². The molecule has 3 rings (SSSR count). The number of hydrogen-bond donors (Lipinski definition) is 1. The van der Waals surface area contributed by atoms with E-state index >= 15 is 0 Å². The van der Waals surface area contributed by atoms with Crippen molar-refractivity contribution in [3.8, 4) is 28.5 Å². The number of methoxy groups -OCH3 is 1. The molecule has 2 heterocycles. The van der Waals surface area contributed by atoms with Crippen LogP contribution in [0.2, 0.25) is 5.28 Å². The van der Waals surface area contributed by atoms with Crippen LogP contribution in [0.1, 0.15) is 12.5 Å². The lowest BCUT2D eigenvalue weighted by molar-refractivity contribution is 0.414. The minimum absolute atomic E-state index is 0.154. The van der Waals surface area contributed by atoms with Crippen molar-refractivity contribution >= 4 is 17.6 Å². The molecule has 0 saturated carbocycles. The topological polar surface area (TPSA) is 73.1 Å². The monoisotopic (exact) mass is 344 g/mol. The lowest BCUT2D eigenvalue weighted by Crippen LogP contribution is -1.95. The Balaban J connectivity index is 2.17. The molecule has 7 heteroatoms. The number of nitrogens with zero attached hydrogens (tertiary/aromatic N) is 3. The maximum Gasteiger partial charge on any atom is 0.295 e. The van der Waals surface area contributed by atoms with E-state index in [1.54, 1.807) is 19.4 Å². The van der Waals surface area contributed by atoms with Gasteiger partial charge in [-0.3, -0.25) is 0 Å². The number of benzene rings is 1. The highest BCUT2D eigenvalue weighted by Crippen LogP contribution is 2.35. The Kier molecular flexibility index (Phi) is 4.66. The summed E-state index contributed by atoms with van der Waals surface area (Å²) in [5.41, 5.74) is 3.18. The fourth-order valence-corrected chi connectivity index (χ4v) is 2.53. The molecular formula is C17H17ClN4O2. The third-order valence-electron chi connectivity index (χ3n) is 3.37. The van der Waals surface area contributed by atoms with E-state index in [9.17, 15) is 0 Å². The van der Waals surface area contributed by atoms with E-state index in [-0.39, 0.29) is 5.28 Å². The number of aromatic nitrogens is 3. The molecule has 0 aliphatic heterocycles. The number of anilines is 1. The fraction of sp³-hybridized carbons (Fsp3) is 0.235. The van der Waals surface area contributed by atoms with Crippen LogP contribution in [0.15, 0.2) is 34.9 Å². The average Bonchev–Trinajstić information content (AvgIpc) is 2.98. The molecule has 0 aliphatic rings. The Morgan fingerprint density at radius 1 is 1.25 bits per heavy atom. The van der Waals surface area contributed by atoms with E-state index in [2.05, 4.69) is 20.3 Å². The van der Waals surface area contributed by atoms with Gasteiger partial charge in [0.2, 0.25) is 5.28 Å². The van der Waals surface area contributed by atoms with Gasteiger partial charge in [-0.05, 0) is 55.3 Å². The third-order valence-corrected chi connectivity index (χ3v) is 3.56. The van der Waals surface area contributed by atoms with Gasteiger partial charge in [-0.25, -0.2) is 9.97 Å². The van der Waals surface area contributed by atoms with Crippen LogP contribution < -0.4 is 10.1 Å². The first-order valence-electron chi connectivity index (χ1n) is 7.50. The SMILES string of the molecule is CCNc1nc(-c2cc(C)cc(OC)c2)c(-c2ccnc(Cl)n2)o1. The van der Waals surface area contributed by atoms with E-state index in [0.717, 1.165) is 16.9 Å². The second kappa shape index (κ2) is 6.88. The van der Waals surface area contributed by atoms with Gasteiger partial charge >= 0.3 is 0 Å². The van der Waals surface area contributed by atoms with Crippen LogP contribution >= 0.6 is 11.6 Å². The lowest BCUT2D eigenvalue weighted by Gasteiger charge is -2.06. The van der Waals surface area contributed by atoms with Crippen LogP contribution in [0.3, 0.4) is 0 Å². The molecule has 0 amide bonds. The summed E-state index contributed by atoms with van der Waals surface area (Å²) in [6.45, 7) is 4.67. The molecule has 2 aromatic heterocycles. The van der Waals surface area contributed by atoms with Crippen molar-refractivity contribution in [3.63, 3.8) is 0 Å². The molecule has 0 saturated heterocycles. The number of hydrogen-bond acceptors (Lipinski definition) is 6. The zero-order valence-electron chi connectivity index (χ0n) is 13.6. The van der Waals surface area contributed by atoms with Crippen molar-refractivity contribution in [2.24, 2.45) is 0 Å². The summed E-state index contributed by atoms with van der Waals surface area (Å²) in [6, 6.07) is 8.04. The molecule has 0 bridgehead atoms. The van der Waals surface area contributed by atoms with Gasteiger partial charge in [0.1, 0.15) is 17.1 Å². The molecule has 3 aromatic rings. The quantitative estimate of drug-likeness (QED) is 0.699. The van der Waals surface area contributed by atoms with Crippen molar-refractivity contribution in [2.75, 3.05) is 19.0 Å². The van der Waals surface area contributed by atoms with Crippen LogP contribution in [0.5, 0.6) is 5.75 Å². The zero-order chi connectivity index (χ0) is 17.1. The predicted octanol–water partition coefficient (Wildman–Crippen LogP) is 4.20. The summed E-state index contributed by atoms with van der Waals surface area (Å²) >= 11 is 5.91. The number of rotatable bonds is 5. The highest BCUT2D eigenvalue weighted by Gasteiger charge is 2.19. The standard InChI is InChI=1S/C17H17ClN4O2/c1-4-19-17-22-14(11-7-10(2)8-12(9-11)23-3)15(24-17)13-5-6-20-16(18)21-13/h5-9H,4H2,1-3H3,(H,19,22). The molecule has 0 atom stereocenters. The van der Waals surface area contributed by atoms with Crippen molar-refractivity contribution in [3.05, 3.63) is 41.3 Å². The Bertz CT molecular complexity index is 864. The fourth-order valence-electron chi connectivity index (χ4n) is 2.38. The van der Waals surface area contributed by atoms with Crippen molar-refractivity contribution < 1.29 is 9.15 Å². The van der Waals surface area contributed by atoms with E-state index in [1.165, 1.54) is 0 Å². The second-order valence-corrected chi connectivity index (χ2v) is 5.51. The molecular weight excluding hydrogens is 328 g/mol. The molecule has 6 nitrogen and oxygen atoms in total. The molecule has 0 fully saturated rings. The largest absolute Gasteiger partial charge is 0.497 e. The number of oxazole rings is 1. The summed E-state index contributed by atoms with van der Waals surface area (Å²) < 4.78 is 11.2. The van der Waals surface area contributed by atoms with Crippen molar-refractivity contribution in [2.45, 2.75) is 13.8 Å². The van der Waals surface area contributed by atoms with Gasteiger partial charge in [-0.1, -0.05) is 0 Å². The minimum Gasteiger partial charge on any atom is -0.497 e. The second-order valence-electron chi connectivity index (χ2n) is 5.18. The third kappa shape index (κ3) is 3.33. The molecule has 1 N–H and O–H groups in total. The molecule has 0 unspecified atom stereocenters. The van der Waals surface area contributed by atoms with Crippen LogP contribution in [0, 0.1) is 6.92 Å². The first-order valence-corrected chi connectivity index (χ1v) is 7.88. The first-order chi connectivity index (χ1) is 11.6. The Morgan fingerprint density at radius 2 is 2.08 bits per heavy atom. The molecule has 0 spiro atoms. The van der Waals surface area contributed by atoms with Crippen LogP contribution in [-0.4, -0.2) is 28.6 Å². The maximum atomic E-state index is 5.91. The number of halogens is 1. The highest BCUT2D eigenvalue weighted by molar-refractivity contribution is 6.28. The Hall–Kier alpha value is -2.60. The smallest absolute Gasteiger partial charge is 0.295 e. The molecule has 1 aromatic carbocycles. The first kappa shape index (κ1) is 16.3. The van der Waals surface area contributed by atoms with Crippen LogP contribution in [0.25, 0.3) is 22.7 Å². The van der Waals surface area contributed by atoms with E-state index in [1.807, 2.05) is 32.0 Å². The zero-order valence-corrected chi connectivity index (χ0v) is 14.4. The van der Waals surface area contributed by atoms with Gasteiger partial charge in [0.15, 0.2) is 5.76 Å². The van der Waals surface area contributed by atoms with Gasteiger partial charge < -0.3 is 14.5 Å². The summed E-state index contributed by atoms with van der Waals surface area (Å²) in [5, 5.41) is 3.23. The summed E-state index contributed by atoms with van der Waals surface area (Å²) in [4.78, 5) is 12.7. The van der Waals surface area contributed by atoms with E-state index < -0.39 is 0 Å². The molecule has 124 valence electrons. The maximum absolute atomic E-state index is 5.91. The van der Waals surface area contributed by atoms with E-state index in [4.69, 9.17) is 20.8 Å². The van der Waals surface area contributed by atoms with Crippen molar-refractivity contribution in [1.82, 2.24) is 15.0 Å². The summed E-state index contributed by atoms with van der Waals surface area (Å²) in [7, 11) is 1.64. The van der Waals surface area contributed by atoms with Gasteiger partial charge in [0.25, 0.3) is 6.01 Å². The number of ether oxygens (including phenoxy) is 1. The van der Waals surface area contributed by atoms with Crippen molar-refractivity contribution in [1.29, 1.82) is 0 Å². The Labute approximate surface area is 144 Å². The molecule has 0 radical (unpaired) electrons. The van der Waals surface area contributed by atoms with Gasteiger partial charge in [0.05, 0.1) is 7.11 Å². The van der Waals surface area contributed by atoms with E-state index in [0.29, 0.717) is 29.7 Å². The summed E-state index contributed by atoms with van der Waals surface area (Å²) in [6.07, 6.45) is 1.58. The van der Waals surface area contributed by atoms with Crippen LogP contribution in [0.4, 0.5) is 6.01 Å². The van der Waals surface area contributed by atoms with Crippen LogP contribution in [-0.2, 0) is 0 Å². The summed E-state index contributed by atoms with van der Waals surface area (Å²) in [5.74, 6) is 1.28. The average molecular weight is 345 g/mol. The van der Waals surface area contributed by atoms with Gasteiger partial charge in [-0.15, -0.1) is 0 Å². The number of aryl methyl sites for hydroxylation is 1. The van der Waals surface area contributed by atoms with Gasteiger partial charge in [0, 0.05) is 18.3 Å². The minimum atomic E-state index is 0.154. The molecule has 0 aliphatic carbocycles. The molecule has 24 heavy (non-hydrogen) atoms. The Morgan fingerprint density at radius 3 is 2.79 bits per heavy atom.